The number of ketones is 1. The molecule has 0 heterocycles. The summed E-state index contributed by atoms with van der Waals surface area (Å²) in [5.74, 6) is 1.11. The molecule has 1 rings (SSSR count). The van der Waals surface area contributed by atoms with Crippen LogP contribution in [-0.4, -0.2) is 18.8 Å². The first-order valence-corrected chi connectivity index (χ1v) is 5.44. The van der Waals surface area contributed by atoms with Crippen LogP contribution in [0.5, 0.6) is 5.75 Å². The third-order valence-corrected chi connectivity index (χ3v) is 2.60. The van der Waals surface area contributed by atoms with Gasteiger partial charge in [0.25, 0.3) is 0 Å². The van der Waals surface area contributed by atoms with Gasteiger partial charge in [-0.15, -0.1) is 11.6 Å². The smallest absolute Gasteiger partial charge is 0.164 e. The molecule has 0 N–H and O–H groups in total. The van der Waals surface area contributed by atoms with Gasteiger partial charge in [-0.3, -0.25) is 4.79 Å². The van der Waals surface area contributed by atoms with E-state index < -0.39 is 0 Å². The van der Waals surface area contributed by atoms with Crippen molar-refractivity contribution in [1.29, 1.82) is 0 Å². The number of hydrogen-bond donors (Lipinski definition) is 0. The second kappa shape index (κ2) is 5.37. The Labute approximate surface area is 96.3 Å². The molecule has 4 heteroatoms. The van der Waals surface area contributed by atoms with Gasteiger partial charge in [-0.1, -0.05) is 0 Å². The van der Waals surface area contributed by atoms with E-state index in [-0.39, 0.29) is 5.78 Å². The Morgan fingerprint density at radius 1 is 1.57 bits per heavy atom. The highest BCUT2D eigenvalue weighted by Gasteiger charge is 2.07. The Morgan fingerprint density at radius 3 is 2.79 bits per heavy atom. The Balaban J connectivity index is 2.91. The fourth-order valence-electron chi connectivity index (χ4n) is 1.07. The molecule has 0 fully saturated rings. The van der Waals surface area contributed by atoms with Gasteiger partial charge in [0, 0.05) is 17.9 Å². The molecule has 14 heavy (non-hydrogen) atoms. The number of rotatable bonds is 4. The van der Waals surface area contributed by atoms with Gasteiger partial charge >= 0.3 is 0 Å². The Morgan fingerprint density at radius 2 is 2.29 bits per heavy atom. The van der Waals surface area contributed by atoms with E-state index in [0.29, 0.717) is 23.6 Å². The minimum Gasteiger partial charge on any atom is -0.496 e. The number of hydrogen-bond acceptors (Lipinski definition) is 2. The van der Waals surface area contributed by atoms with E-state index in [2.05, 4.69) is 15.9 Å². The molecule has 0 saturated heterocycles. The molecule has 0 aliphatic carbocycles. The van der Waals surface area contributed by atoms with Crippen molar-refractivity contribution in [2.45, 2.75) is 6.42 Å². The third kappa shape index (κ3) is 2.72. The van der Waals surface area contributed by atoms with Crippen molar-refractivity contribution < 1.29 is 9.53 Å². The van der Waals surface area contributed by atoms with Gasteiger partial charge in [-0.05, 0) is 34.1 Å². The maximum atomic E-state index is 11.5. The maximum Gasteiger partial charge on any atom is 0.164 e. The van der Waals surface area contributed by atoms with Crippen LogP contribution >= 0.6 is 27.5 Å². The highest BCUT2D eigenvalue weighted by atomic mass is 79.9. The van der Waals surface area contributed by atoms with E-state index in [1.807, 2.05) is 0 Å². The van der Waals surface area contributed by atoms with Crippen molar-refractivity contribution in [2.75, 3.05) is 13.0 Å². The summed E-state index contributed by atoms with van der Waals surface area (Å²) < 4.78 is 5.83. The van der Waals surface area contributed by atoms with Gasteiger partial charge in [-0.2, -0.15) is 0 Å². The van der Waals surface area contributed by atoms with E-state index in [0.717, 1.165) is 4.47 Å². The lowest BCUT2D eigenvalue weighted by Crippen LogP contribution is -1.99. The van der Waals surface area contributed by atoms with E-state index in [9.17, 15) is 4.79 Å². The standard InChI is InChI=1S/C10H10BrClO2/c1-14-10-3-2-7(6-8(10)11)9(13)4-5-12/h2-3,6H,4-5H2,1H3. The van der Waals surface area contributed by atoms with E-state index in [4.69, 9.17) is 16.3 Å². The number of Topliss-reactive ketones (excluding diaryl/α,β-unsaturated/α-hetero) is 1. The fraction of sp³-hybridized carbons (Fsp3) is 0.300. The average molecular weight is 278 g/mol. The van der Waals surface area contributed by atoms with Gasteiger partial charge in [0.05, 0.1) is 11.6 Å². The lowest BCUT2D eigenvalue weighted by molar-refractivity contribution is 0.0989. The molecule has 1 aromatic carbocycles. The normalized spacial score (nSPS) is 9.93. The summed E-state index contributed by atoms with van der Waals surface area (Å²) in [6.07, 6.45) is 0.361. The number of methoxy groups -OCH3 is 1. The number of carbonyl (C=O) groups excluding carboxylic acids is 1. The molecule has 1 aromatic rings. The number of alkyl halides is 1. The average Bonchev–Trinajstić information content (AvgIpc) is 2.18. The molecule has 0 bridgehead atoms. The Hall–Kier alpha value is -0.540. The summed E-state index contributed by atoms with van der Waals surface area (Å²) in [6.45, 7) is 0. The van der Waals surface area contributed by atoms with Gasteiger partial charge in [-0.25, -0.2) is 0 Å². The SMILES string of the molecule is COc1ccc(C(=O)CCCl)cc1Br. The van der Waals surface area contributed by atoms with Crippen LogP contribution in [0.1, 0.15) is 16.8 Å². The minimum absolute atomic E-state index is 0.0448. The summed E-state index contributed by atoms with van der Waals surface area (Å²) in [6, 6.07) is 5.23. The monoisotopic (exact) mass is 276 g/mol. The summed E-state index contributed by atoms with van der Waals surface area (Å²) in [5.41, 5.74) is 0.651. The molecular weight excluding hydrogens is 267 g/mol. The predicted molar refractivity (Wildman–Crippen MR) is 60.4 cm³/mol. The number of halogens is 2. The molecule has 0 amide bonds. The minimum atomic E-state index is 0.0448. The van der Waals surface area contributed by atoms with E-state index in [1.54, 1.807) is 25.3 Å². The van der Waals surface area contributed by atoms with Gasteiger partial charge in [0.15, 0.2) is 5.78 Å². The molecule has 0 spiro atoms. The number of carbonyl (C=O) groups is 1. The molecule has 0 unspecified atom stereocenters. The number of benzene rings is 1. The van der Waals surface area contributed by atoms with Crippen LogP contribution in [0.4, 0.5) is 0 Å². The van der Waals surface area contributed by atoms with Crippen LogP contribution in [0.2, 0.25) is 0 Å². The van der Waals surface area contributed by atoms with Crippen LogP contribution in [0.15, 0.2) is 22.7 Å². The fourth-order valence-corrected chi connectivity index (χ4v) is 1.78. The third-order valence-electron chi connectivity index (χ3n) is 1.80. The summed E-state index contributed by atoms with van der Waals surface area (Å²) in [4.78, 5) is 11.5. The Kier molecular flexibility index (Phi) is 4.42. The van der Waals surface area contributed by atoms with Gasteiger partial charge in [0.1, 0.15) is 5.75 Å². The summed E-state index contributed by atoms with van der Waals surface area (Å²) in [7, 11) is 1.58. The van der Waals surface area contributed by atoms with Gasteiger partial charge < -0.3 is 4.74 Å². The van der Waals surface area contributed by atoms with Crippen molar-refractivity contribution in [1.82, 2.24) is 0 Å². The molecule has 0 atom stereocenters. The highest BCUT2D eigenvalue weighted by Crippen LogP contribution is 2.25. The highest BCUT2D eigenvalue weighted by molar-refractivity contribution is 9.10. The Bertz CT molecular complexity index is 339. The maximum absolute atomic E-state index is 11.5. The second-order valence-electron chi connectivity index (χ2n) is 2.71. The molecule has 0 radical (unpaired) electrons. The topological polar surface area (TPSA) is 26.3 Å². The first-order chi connectivity index (χ1) is 6.69. The molecule has 2 nitrogen and oxygen atoms in total. The van der Waals surface area contributed by atoms with Crippen LogP contribution in [-0.2, 0) is 0 Å². The lowest BCUT2D eigenvalue weighted by Gasteiger charge is -2.04. The van der Waals surface area contributed by atoms with E-state index in [1.165, 1.54) is 0 Å². The second-order valence-corrected chi connectivity index (χ2v) is 3.94. The quantitative estimate of drug-likeness (QED) is 0.624. The van der Waals surface area contributed by atoms with Crippen LogP contribution in [0, 0.1) is 0 Å². The lowest BCUT2D eigenvalue weighted by atomic mass is 10.1. The molecule has 76 valence electrons. The molecule has 0 aliphatic heterocycles. The molecule has 0 aliphatic rings. The zero-order valence-electron chi connectivity index (χ0n) is 7.72. The van der Waals surface area contributed by atoms with Crippen molar-refractivity contribution in [3.8, 4) is 5.75 Å². The number of ether oxygens (including phenoxy) is 1. The van der Waals surface area contributed by atoms with Crippen LogP contribution in [0.25, 0.3) is 0 Å². The zero-order valence-corrected chi connectivity index (χ0v) is 10.1. The van der Waals surface area contributed by atoms with Crippen molar-refractivity contribution >= 4 is 33.3 Å². The van der Waals surface area contributed by atoms with Gasteiger partial charge in [0.2, 0.25) is 0 Å². The molecule has 0 saturated carbocycles. The molecule has 0 aromatic heterocycles. The van der Waals surface area contributed by atoms with Crippen molar-refractivity contribution in [2.24, 2.45) is 0 Å². The zero-order chi connectivity index (χ0) is 10.6. The van der Waals surface area contributed by atoms with Crippen molar-refractivity contribution in [3.05, 3.63) is 28.2 Å². The summed E-state index contributed by atoms with van der Waals surface area (Å²) >= 11 is 8.80. The van der Waals surface area contributed by atoms with Crippen molar-refractivity contribution in [3.63, 3.8) is 0 Å². The predicted octanol–water partition coefficient (Wildman–Crippen LogP) is 3.27. The van der Waals surface area contributed by atoms with Crippen LogP contribution < -0.4 is 4.74 Å². The van der Waals surface area contributed by atoms with E-state index >= 15 is 0 Å². The summed E-state index contributed by atoms with van der Waals surface area (Å²) in [5, 5.41) is 0. The first kappa shape index (κ1) is 11.5. The largest absolute Gasteiger partial charge is 0.496 e. The van der Waals surface area contributed by atoms with Crippen LogP contribution in [0.3, 0.4) is 0 Å². The molecular formula is C10H10BrClO2. The first-order valence-electron chi connectivity index (χ1n) is 4.11.